The van der Waals surface area contributed by atoms with Crippen LogP contribution in [0, 0.1) is 17.8 Å². The van der Waals surface area contributed by atoms with Crippen LogP contribution in [0.4, 0.5) is 0 Å². The number of carboxylic acids is 3. The number of carboxylic acid groups (broad SMARTS) is 3. The van der Waals surface area contributed by atoms with E-state index in [0.717, 1.165) is 6.42 Å². The topological polar surface area (TPSA) is 112 Å². The highest BCUT2D eigenvalue weighted by Gasteiger charge is 2.33. The average Bonchev–Trinajstić information content (AvgIpc) is 2.49. The zero-order valence-corrected chi connectivity index (χ0v) is 13.7. The molecule has 0 saturated heterocycles. The smallest absolute Gasteiger partial charge is 0.330 e. The molecule has 1 fully saturated rings. The molecule has 0 bridgehead atoms. The van der Waals surface area contributed by atoms with Crippen LogP contribution in [-0.2, 0) is 14.4 Å². The zero-order valence-electron chi connectivity index (χ0n) is 13.7. The molecule has 0 aromatic heterocycles. The highest BCUT2D eigenvalue weighted by molar-refractivity contribution is 5.86. The summed E-state index contributed by atoms with van der Waals surface area (Å²) in [7, 11) is 0. The van der Waals surface area contributed by atoms with Gasteiger partial charge in [0.05, 0.1) is 0 Å². The lowest BCUT2D eigenvalue weighted by Gasteiger charge is -2.36. The predicted molar refractivity (Wildman–Crippen MR) is 88.5 cm³/mol. The summed E-state index contributed by atoms with van der Waals surface area (Å²) in [6.07, 6.45) is 3.04. The van der Waals surface area contributed by atoms with Gasteiger partial charge >= 0.3 is 17.9 Å². The molecule has 24 heavy (non-hydrogen) atoms. The van der Waals surface area contributed by atoms with Gasteiger partial charge in [0, 0.05) is 16.7 Å². The number of aliphatic carboxylic acids is 3. The quantitative estimate of drug-likeness (QED) is 0.558. The van der Waals surface area contributed by atoms with Crippen LogP contribution in [0.2, 0.25) is 0 Å². The third-order valence-corrected chi connectivity index (χ3v) is 4.71. The molecule has 3 N–H and O–H groups in total. The largest absolute Gasteiger partial charge is 0.478 e. The lowest BCUT2D eigenvalue weighted by Crippen LogP contribution is -2.28. The molecule has 3 unspecified atom stereocenters. The summed E-state index contributed by atoms with van der Waals surface area (Å²) in [6.45, 7) is 10.7. The van der Waals surface area contributed by atoms with Crippen LogP contribution in [0.15, 0.2) is 36.5 Å². The molecule has 1 rings (SSSR count). The van der Waals surface area contributed by atoms with Crippen molar-refractivity contribution in [3.05, 3.63) is 36.5 Å². The molecule has 1 aliphatic carbocycles. The number of carbonyl (C=O) groups is 3. The van der Waals surface area contributed by atoms with Gasteiger partial charge < -0.3 is 15.3 Å². The van der Waals surface area contributed by atoms with Gasteiger partial charge in [0.1, 0.15) is 0 Å². The summed E-state index contributed by atoms with van der Waals surface area (Å²) in [6, 6.07) is 0. The minimum absolute atomic E-state index is 0.0130. The Balaban J connectivity index is 2.81. The molecule has 1 aliphatic rings. The van der Waals surface area contributed by atoms with Crippen molar-refractivity contribution in [2.45, 2.75) is 38.5 Å². The van der Waals surface area contributed by atoms with Crippen molar-refractivity contribution in [2.75, 3.05) is 0 Å². The number of hydrogen-bond donors (Lipinski definition) is 3. The van der Waals surface area contributed by atoms with E-state index in [4.69, 9.17) is 15.3 Å². The van der Waals surface area contributed by atoms with Crippen molar-refractivity contribution < 1.29 is 29.7 Å². The summed E-state index contributed by atoms with van der Waals surface area (Å²) in [5.74, 6) is -3.07. The third-order valence-electron chi connectivity index (χ3n) is 4.71. The van der Waals surface area contributed by atoms with Crippen molar-refractivity contribution in [3.63, 3.8) is 0 Å². The van der Waals surface area contributed by atoms with E-state index in [0.29, 0.717) is 25.7 Å². The molecule has 3 atom stereocenters. The van der Waals surface area contributed by atoms with Crippen LogP contribution in [0.3, 0.4) is 0 Å². The van der Waals surface area contributed by atoms with Gasteiger partial charge in [-0.2, -0.15) is 0 Å². The number of rotatable bonds is 9. The third kappa shape index (κ3) is 5.68. The van der Waals surface area contributed by atoms with Gasteiger partial charge in [0.2, 0.25) is 0 Å². The summed E-state index contributed by atoms with van der Waals surface area (Å²) in [4.78, 5) is 33.0. The molecular formula is C18H24O6. The molecule has 0 heterocycles. The first-order valence-electron chi connectivity index (χ1n) is 7.85. The summed E-state index contributed by atoms with van der Waals surface area (Å²) in [5.41, 5.74) is 0.340. The van der Waals surface area contributed by atoms with Gasteiger partial charge in [-0.3, -0.25) is 0 Å². The van der Waals surface area contributed by atoms with Gasteiger partial charge in [-0.15, -0.1) is 0 Å². The van der Waals surface area contributed by atoms with Crippen molar-refractivity contribution in [1.82, 2.24) is 0 Å². The molecular weight excluding hydrogens is 312 g/mol. The lowest BCUT2D eigenvalue weighted by molar-refractivity contribution is -0.134. The van der Waals surface area contributed by atoms with Gasteiger partial charge in [-0.1, -0.05) is 19.7 Å². The highest BCUT2D eigenvalue weighted by Crippen LogP contribution is 2.42. The van der Waals surface area contributed by atoms with E-state index in [2.05, 4.69) is 19.7 Å². The minimum Gasteiger partial charge on any atom is -0.478 e. The Bertz CT molecular complexity index is 574. The Morgan fingerprint density at radius 2 is 1.12 bits per heavy atom. The maximum Gasteiger partial charge on any atom is 0.330 e. The second kappa shape index (κ2) is 8.47. The van der Waals surface area contributed by atoms with Crippen LogP contribution < -0.4 is 0 Å². The SMILES string of the molecule is C=C(CC1CCC(CC(=C)C(=O)O)C(CC(=C)C(=O)O)C1)C(=O)O. The second-order valence-electron chi connectivity index (χ2n) is 6.54. The molecule has 0 amide bonds. The summed E-state index contributed by atoms with van der Waals surface area (Å²) >= 11 is 0. The van der Waals surface area contributed by atoms with E-state index in [1.807, 2.05) is 0 Å². The summed E-state index contributed by atoms with van der Waals surface area (Å²) in [5, 5.41) is 27.0. The molecule has 0 aliphatic heterocycles. The molecule has 132 valence electrons. The highest BCUT2D eigenvalue weighted by atomic mass is 16.4. The normalized spacial score (nSPS) is 23.2. The fourth-order valence-corrected chi connectivity index (χ4v) is 3.37. The van der Waals surface area contributed by atoms with Crippen molar-refractivity contribution in [2.24, 2.45) is 17.8 Å². The van der Waals surface area contributed by atoms with Gasteiger partial charge in [-0.25, -0.2) is 14.4 Å². The molecule has 0 aromatic rings. The second-order valence-corrected chi connectivity index (χ2v) is 6.54. The van der Waals surface area contributed by atoms with Crippen LogP contribution in [0.1, 0.15) is 38.5 Å². The first-order chi connectivity index (χ1) is 11.1. The first-order valence-corrected chi connectivity index (χ1v) is 7.85. The van der Waals surface area contributed by atoms with E-state index < -0.39 is 17.9 Å². The molecule has 0 aromatic carbocycles. The summed E-state index contributed by atoms with van der Waals surface area (Å²) < 4.78 is 0. The predicted octanol–water partition coefficient (Wildman–Crippen LogP) is 3.11. The standard InChI is InChI=1S/C18H24O6/c1-10(16(19)20)6-13-4-5-14(7-11(2)17(21)22)15(9-13)8-12(3)18(23)24/h13-15H,1-9H2,(H,19,20)(H,21,22)(H,23,24). The maximum absolute atomic E-state index is 11.1. The fourth-order valence-electron chi connectivity index (χ4n) is 3.37. The van der Waals surface area contributed by atoms with Gasteiger partial charge in [0.25, 0.3) is 0 Å². The first kappa shape index (κ1) is 19.7. The van der Waals surface area contributed by atoms with E-state index >= 15 is 0 Å². The Kier molecular flexibility index (Phi) is 6.95. The number of hydrogen-bond acceptors (Lipinski definition) is 3. The molecule has 6 nitrogen and oxygen atoms in total. The van der Waals surface area contributed by atoms with Gasteiger partial charge in [-0.05, 0) is 56.3 Å². The van der Waals surface area contributed by atoms with Crippen LogP contribution in [0.25, 0.3) is 0 Å². The van der Waals surface area contributed by atoms with E-state index in [1.54, 1.807) is 0 Å². The molecule has 0 spiro atoms. The average molecular weight is 336 g/mol. The van der Waals surface area contributed by atoms with E-state index in [1.165, 1.54) is 0 Å². The van der Waals surface area contributed by atoms with Crippen molar-refractivity contribution in [3.8, 4) is 0 Å². The zero-order chi connectivity index (χ0) is 18.4. The molecule has 0 radical (unpaired) electrons. The van der Waals surface area contributed by atoms with Crippen LogP contribution >= 0.6 is 0 Å². The van der Waals surface area contributed by atoms with E-state index in [-0.39, 0.29) is 40.9 Å². The van der Waals surface area contributed by atoms with Crippen LogP contribution in [-0.4, -0.2) is 33.2 Å². The molecule has 6 heteroatoms. The molecule has 1 saturated carbocycles. The van der Waals surface area contributed by atoms with Crippen LogP contribution in [0.5, 0.6) is 0 Å². The maximum atomic E-state index is 11.1. The van der Waals surface area contributed by atoms with E-state index in [9.17, 15) is 14.4 Å². The Morgan fingerprint density at radius 1 is 0.708 bits per heavy atom. The Morgan fingerprint density at radius 3 is 1.58 bits per heavy atom. The Hall–Kier alpha value is -2.37. The van der Waals surface area contributed by atoms with Gasteiger partial charge in [0.15, 0.2) is 0 Å². The van der Waals surface area contributed by atoms with Crippen molar-refractivity contribution in [1.29, 1.82) is 0 Å². The lowest BCUT2D eigenvalue weighted by atomic mass is 9.68. The van der Waals surface area contributed by atoms with Crippen molar-refractivity contribution >= 4 is 17.9 Å². The Labute approximate surface area is 141 Å². The monoisotopic (exact) mass is 336 g/mol. The fraction of sp³-hybridized carbons (Fsp3) is 0.500. The minimum atomic E-state index is -1.07.